The molecule has 1 amide bonds. The second-order valence-electron chi connectivity index (χ2n) is 7.27. The smallest absolute Gasteiger partial charge is 0.227 e. The van der Waals surface area contributed by atoms with Crippen molar-refractivity contribution in [3.8, 4) is 0 Å². The Kier molecular flexibility index (Phi) is 5.74. The molecule has 3 rings (SSSR count). The monoisotopic (exact) mass is 348 g/mol. The van der Waals surface area contributed by atoms with E-state index in [-0.39, 0.29) is 23.7 Å². The standard InChI is InChI=1S/C20H29FN2O2/c1-3-22(4-2)18-8-11-25-20(14-18)9-10-23(15-20)19(24)13-16-6-5-7-17(21)12-16/h5-7,12,18H,3-4,8-11,13-15H2,1-2H3/t18-,20-/m1/s1. The van der Waals surface area contributed by atoms with Crippen LogP contribution in [0.4, 0.5) is 4.39 Å². The van der Waals surface area contributed by atoms with Gasteiger partial charge in [0.25, 0.3) is 0 Å². The molecule has 1 aromatic carbocycles. The molecule has 2 heterocycles. The largest absolute Gasteiger partial charge is 0.373 e. The van der Waals surface area contributed by atoms with E-state index in [4.69, 9.17) is 4.74 Å². The van der Waals surface area contributed by atoms with Crippen molar-refractivity contribution in [2.75, 3.05) is 32.8 Å². The van der Waals surface area contributed by atoms with Crippen LogP contribution >= 0.6 is 0 Å². The van der Waals surface area contributed by atoms with E-state index in [1.807, 2.05) is 4.90 Å². The zero-order valence-electron chi connectivity index (χ0n) is 15.3. The van der Waals surface area contributed by atoms with E-state index >= 15 is 0 Å². The SMILES string of the molecule is CCN(CC)[C@@H]1CCO[C@]2(CCN(C(=O)Cc3cccc(F)c3)C2)C1. The Morgan fingerprint density at radius 1 is 1.40 bits per heavy atom. The lowest BCUT2D eigenvalue weighted by Crippen LogP contribution is -2.50. The minimum absolute atomic E-state index is 0.0658. The molecular formula is C20H29FN2O2. The summed E-state index contributed by atoms with van der Waals surface area (Å²) in [6, 6.07) is 6.85. The molecule has 2 fully saturated rings. The Bertz CT molecular complexity index is 605. The summed E-state index contributed by atoms with van der Waals surface area (Å²) < 4.78 is 19.5. The Balaban J connectivity index is 1.61. The van der Waals surface area contributed by atoms with Crippen molar-refractivity contribution in [2.45, 2.75) is 51.2 Å². The highest BCUT2D eigenvalue weighted by Crippen LogP contribution is 2.36. The van der Waals surface area contributed by atoms with Crippen molar-refractivity contribution in [1.29, 1.82) is 0 Å². The van der Waals surface area contributed by atoms with Crippen LogP contribution in [-0.4, -0.2) is 60.1 Å². The molecule has 4 nitrogen and oxygen atoms in total. The molecule has 0 N–H and O–H groups in total. The van der Waals surface area contributed by atoms with Crippen LogP contribution in [0.25, 0.3) is 0 Å². The van der Waals surface area contributed by atoms with Gasteiger partial charge in [-0.3, -0.25) is 4.79 Å². The number of ether oxygens (including phenoxy) is 1. The van der Waals surface area contributed by atoms with Crippen LogP contribution in [0.5, 0.6) is 0 Å². The summed E-state index contributed by atoms with van der Waals surface area (Å²) >= 11 is 0. The van der Waals surface area contributed by atoms with E-state index in [1.54, 1.807) is 12.1 Å². The van der Waals surface area contributed by atoms with Crippen LogP contribution in [0.1, 0.15) is 38.7 Å². The fourth-order valence-corrected chi connectivity index (χ4v) is 4.33. The number of carbonyl (C=O) groups excluding carboxylic acids is 1. The van der Waals surface area contributed by atoms with E-state index in [2.05, 4.69) is 18.7 Å². The highest BCUT2D eigenvalue weighted by Gasteiger charge is 2.45. The fourth-order valence-electron chi connectivity index (χ4n) is 4.33. The molecule has 1 spiro atoms. The van der Waals surface area contributed by atoms with Gasteiger partial charge in [0.1, 0.15) is 5.82 Å². The lowest BCUT2D eigenvalue weighted by atomic mass is 9.88. The summed E-state index contributed by atoms with van der Waals surface area (Å²) in [4.78, 5) is 17.0. The first kappa shape index (κ1) is 18.3. The maximum atomic E-state index is 13.3. The summed E-state index contributed by atoms with van der Waals surface area (Å²) in [5, 5.41) is 0. The number of nitrogens with zero attached hydrogens (tertiary/aromatic N) is 2. The van der Waals surface area contributed by atoms with Crippen LogP contribution in [-0.2, 0) is 16.0 Å². The summed E-state index contributed by atoms with van der Waals surface area (Å²) in [7, 11) is 0. The molecule has 25 heavy (non-hydrogen) atoms. The maximum absolute atomic E-state index is 13.3. The molecule has 0 radical (unpaired) electrons. The average molecular weight is 348 g/mol. The summed E-state index contributed by atoms with van der Waals surface area (Å²) in [5.41, 5.74) is 0.542. The van der Waals surface area contributed by atoms with Gasteiger partial charge in [0.15, 0.2) is 0 Å². The normalized spacial score (nSPS) is 26.6. The molecule has 138 valence electrons. The van der Waals surface area contributed by atoms with Gasteiger partial charge in [-0.15, -0.1) is 0 Å². The number of benzene rings is 1. The molecule has 0 bridgehead atoms. The molecule has 0 saturated carbocycles. The predicted molar refractivity (Wildman–Crippen MR) is 95.9 cm³/mol. The molecule has 0 unspecified atom stereocenters. The molecule has 0 aromatic heterocycles. The molecule has 1 aromatic rings. The fraction of sp³-hybridized carbons (Fsp3) is 0.650. The zero-order valence-corrected chi connectivity index (χ0v) is 15.3. The van der Waals surface area contributed by atoms with Gasteiger partial charge in [0.05, 0.1) is 12.0 Å². The Morgan fingerprint density at radius 2 is 2.20 bits per heavy atom. The number of carbonyl (C=O) groups is 1. The van der Waals surface area contributed by atoms with Crippen LogP contribution in [0.2, 0.25) is 0 Å². The Hall–Kier alpha value is -1.46. The number of amides is 1. The van der Waals surface area contributed by atoms with Crippen LogP contribution < -0.4 is 0 Å². The minimum Gasteiger partial charge on any atom is -0.373 e. The van der Waals surface area contributed by atoms with Crippen LogP contribution in [0.15, 0.2) is 24.3 Å². The van der Waals surface area contributed by atoms with Crippen molar-refractivity contribution in [3.05, 3.63) is 35.6 Å². The van der Waals surface area contributed by atoms with Crippen LogP contribution in [0, 0.1) is 5.82 Å². The third-order valence-corrected chi connectivity index (χ3v) is 5.71. The molecule has 2 aliphatic heterocycles. The van der Waals surface area contributed by atoms with Crippen molar-refractivity contribution >= 4 is 5.91 Å². The minimum atomic E-state index is -0.291. The lowest BCUT2D eigenvalue weighted by molar-refractivity contribution is -0.133. The highest BCUT2D eigenvalue weighted by molar-refractivity contribution is 5.79. The third-order valence-electron chi connectivity index (χ3n) is 5.71. The van der Waals surface area contributed by atoms with Gasteiger partial charge < -0.3 is 14.5 Å². The molecule has 2 saturated heterocycles. The van der Waals surface area contributed by atoms with Crippen molar-refractivity contribution in [1.82, 2.24) is 9.80 Å². The number of hydrogen-bond donors (Lipinski definition) is 0. The summed E-state index contributed by atoms with van der Waals surface area (Å²) in [6.45, 7) is 8.69. The molecular weight excluding hydrogens is 319 g/mol. The van der Waals surface area contributed by atoms with Gasteiger partial charge in [0.2, 0.25) is 5.91 Å². The third kappa shape index (κ3) is 4.21. The van der Waals surface area contributed by atoms with Crippen molar-refractivity contribution in [3.63, 3.8) is 0 Å². The Morgan fingerprint density at radius 3 is 2.92 bits per heavy atom. The number of rotatable bonds is 5. The number of hydrogen-bond acceptors (Lipinski definition) is 3. The van der Waals surface area contributed by atoms with Gasteiger partial charge in [-0.2, -0.15) is 0 Å². The average Bonchev–Trinajstić information content (AvgIpc) is 3.00. The molecule has 2 atom stereocenters. The first-order chi connectivity index (χ1) is 12.0. The second kappa shape index (κ2) is 7.83. The molecule has 5 heteroatoms. The van der Waals surface area contributed by atoms with E-state index < -0.39 is 0 Å². The van der Waals surface area contributed by atoms with Gasteiger partial charge >= 0.3 is 0 Å². The maximum Gasteiger partial charge on any atom is 0.227 e. The lowest BCUT2D eigenvalue weighted by Gasteiger charge is -2.42. The quantitative estimate of drug-likeness (QED) is 0.820. The van der Waals surface area contributed by atoms with E-state index in [9.17, 15) is 9.18 Å². The zero-order chi connectivity index (χ0) is 17.9. The molecule has 0 aliphatic carbocycles. The molecule has 2 aliphatic rings. The van der Waals surface area contributed by atoms with Crippen molar-refractivity contribution in [2.24, 2.45) is 0 Å². The van der Waals surface area contributed by atoms with E-state index in [0.29, 0.717) is 12.6 Å². The highest BCUT2D eigenvalue weighted by atomic mass is 19.1. The van der Waals surface area contributed by atoms with Gasteiger partial charge in [0, 0.05) is 25.7 Å². The first-order valence-electron chi connectivity index (χ1n) is 9.45. The Labute approximate surface area is 149 Å². The number of likely N-dealkylation sites (tertiary alicyclic amines) is 1. The second-order valence-corrected chi connectivity index (χ2v) is 7.27. The first-order valence-corrected chi connectivity index (χ1v) is 9.45. The van der Waals surface area contributed by atoms with Gasteiger partial charge in [-0.1, -0.05) is 26.0 Å². The van der Waals surface area contributed by atoms with Crippen molar-refractivity contribution < 1.29 is 13.9 Å². The van der Waals surface area contributed by atoms with Gasteiger partial charge in [-0.25, -0.2) is 4.39 Å². The summed E-state index contributed by atoms with van der Waals surface area (Å²) in [6.07, 6.45) is 3.23. The van der Waals surface area contributed by atoms with E-state index in [1.165, 1.54) is 12.1 Å². The van der Waals surface area contributed by atoms with E-state index in [0.717, 1.165) is 51.1 Å². The summed E-state index contributed by atoms with van der Waals surface area (Å²) in [5.74, 6) is -0.225. The number of halogens is 1. The van der Waals surface area contributed by atoms with Crippen LogP contribution in [0.3, 0.4) is 0 Å². The topological polar surface area (TPSA) is 32.8 Å². The predicted octanol–water partition coefficient (Wildman–Crippen LogP) is 2.86. The van der Waals surface area contributed by atoms with Gasteiger partial charge in [-0.05, 0) is 50.0 Å².